The highest BCUT2D eigenvalue weighted by Gasteiger charge is 2.27. The lowest BCUT2D eigenvalue weighted by molar-refractivity contribution is -0.385. The highest BCUT2D eigenvalue weighted by Crippen LogP contribution is 2.31. The van der Waals surface area contributed by atoms with Gasteiger partial charge in [0.2, 0.25) is 11.8 Å². The molecule has 1 heterocycles. The number of nitrogens with zero attached hydrogens (tertiary/aromatic N) is 3. The Balaban J connectivity index is 1.72. The van der Waals surface area contributed by atoms with Crippen LogP contribution >= 0.6 is 0 Å². The van der Waals surface area contributed by atoms with Gasteiger partial charge in [0.1, 0.15) is 11.5 Å². The van der Waals surface area contributed by atoms with Crippen molar-refractivity contribution in [3.63, 3.8) is 0 Å². The molecule has 1 fully saturated rings. The molecule has 0 unspecified atom stereocenters. The number of nitrogens with two attached hydrogens (primary N) is 2. The summed E-state index contributed by atoms with van der Waals surface area (Å²) in [6.45, 7) is 0.385. The van der Waals surface area contributed by atoms with Gasteiger partial charge in [-0.2, -0.15) is 4.98 Å². The molecule has 9 heteroatoms. The van der Waals surface area contributed by atoms with Crippen LogP contribution in [0, 0.1) is 21.8 Å². The summed E-state index contributed by atoms with van der Waals surface area (Å²) in [4.78, 5) is 19.3. The van der Waals surface area contributed by atoms with E-state index >= 15 is 0 Å². The van der Waals surface area contributed by atoms with E-state index in [-0.39, 0.29) is 29.3 Å². The van der Waals surface area contributed by atoms with Gasteiger partial charge in [0.25, 0.3) is 0 Å². The van der Waals surface area contributed by atoms with Crippen LogP contribution in [0.5, 0.6) is 0 Å². The molecule has 0 spiro atoms. The molecule has 1 aliphatic carbocycles. The Kier molecular flexibility index (Phi) is 6.35. The fraction of sp³-hybridized carbons (Fsp3) is 0.474. The Morgan fingerprint density at radius 1 is 1.21 bits per heavy atom. The third-order valence-electron chi connectivity index (χ3n) is 5.17. The first kappa shape index (κ1) is 19.9. The maximum absolute atomic E-state index is 13.7. The van der Waals surface area contributed by atoms with Gasteiger partial charge in [-0.05, 0) is 56.1 Å². The molecule has 3 rings (SSSR count). The number of nitrogen functional groups attached to an aromatic ring is 1. The smallest absolute Gasteiger partial charge is 0.332 e. The molecule has 150 valence electrons. The van der Waals surface area contributed by atoms with E-state index in [1.165, 1.54) is 6.07 Å². The molecule has 0 atom stereocenters. The first-order valence-electron chi connectivity index (χ1n) is 9.47. The monoisotopic (exact) mass is 388 g/mol. The van der Waals surface area contributed by atoms with E-state index in [4.69, 9.17) is 11.5 Å². The minimum atomic E-state index is -0.525. The Labute approximate surface area is 162 Å². The van der Waals surface area contributed by atoms with Crippen LogP contribution in [0.3, 0.4) is 0 Å². The Morgan fingerprint density at radius 3 is 2.61 bits per heavy atom. The molecule has 1 aliphatic rings. The molecule has 0 amide bonds. The topological polar surface area (TPSA) is 133 Å². The van der Waals surface area contributed by atoms with Crippen LogP contribution in [0.15, 0.2) is 24.3 Å². The summed E-state index contributed by atoms with van der Waals surface area (Å²) < 4.78 is 13.7. The zero-order valence-corrected chi connectivity index (χ0v) is 15.6. The molecule has 1 aromatic carbocycles. The van der Waals surface area contributed by atoms with Gasteiger partial charge in [0, 0.05) is 12.6 Å². The predicted octanol–water partition coefficient (Wildman–Crippen LogP) is 2.82. The van der Waals surface area contributed by atoms with Crippen LogP contribution < -0.4 is 16.8 Å². The summed E-state index contributed by atoms with van der Waals surface area (Å²) >= 11 is 0. The van der Waals surface area contributed by atoms with Gasteiger partial charge in [-0.1, -0.05) is 18.2 Å². The Morgan fingerprint density at radius 2 is 1.93 bits per heavy atom. The highest BCUT2D eigenvalue weighted by atomic mass is 19.1. The zero-order chi connectivity index (χ0) is 20.1. The van der Waals surface area contributed by atoms with Crippen molar-refractivity contribution in [2.45, 2.75) is 44.6 Å². The predicted molar refractivity (Wildman–Crippen MR) is 105 cm³/mol. The lowest BCUT2D eigenvalue weighted by Crippen LogP contribution is -2.27. The number of hydrogen-bond acceptors (Lipinski definition) is 7. The second kappa shape index (κ2) is 8.92. The number of benzene rings is 1. The molecule has 28 heavy (non-hydrogen) atoms. The number of nitro groups is 1. The minimum Gasteiger partial charge on any atom is -0.378 e. The maximum Gasteiger partial charge on any atom is 0.332 e. The van der Waals surface area contributed by atoms with Crippen molar-refractivity contribution in [1.29, 1.82) is 0 Å². The summed E-state index contributed by atoms with van der Waals surface area (Å²) in [6.07, 6.45) is 4.55. The molecule has 1 aromatic heterocycles. The molecule has 0 aliphatic heterocycles. The number of anilines is 2. The summed E-state index contributed by atoms with van der Waals surface area (Å²) in [5, 5.41) is 14.4. The van der Waals surface area contributed by atoms with Crippen molar-refractivity contribution >= 4 is 17.5 Å². The van der Waals surface area contributed by atoms with Gasteiger partial charge < -0.3 is 16.8 Å². The number of nitrogens with one attached hydrogen (secondary N) is 1. The minimum absolute atomic E-state index is 0.157. The van der Waals surface area contributed by atoms with Crippen molar-refractivity contribution < 1.29 is 9.31 Å². The fourth-order valence-corrected chi connectivity index (χ4v) is 3.62. The lowest BCUT2D eigenvalue weighted by atomic mass is 9.83. The van der Waals surface area contributed by atoms with E-state index in [0.29, 0.717) is 36.6 Å². The van der Waals surface area contributed by atoms with Gasteiger partial charge in [-0.15, -0.1) is 0 Å². The average Bonchev–Trinajstić information content (AvgIpc) is 2.64. The quantitative estimate of drug-likeness (QED) is 0.490. The van der Waals surface area contributed by atoms with Crippen LogP contribution in [0.1, 0.15) is 36.9 Å². The second-order valence-corrected chi connectivity index (χ2v) is 7.24. The molecular weight excluding hydrogens is 363 g/mol. The van der Waals surface area contributed by atoms with E-state index in [9.17, 15) is 14.5 Å². The van der Waals surface area contributed by atoms with Crippen molar-refractivity contribution in [2.24, 2.45) is 11.7 Å². The summed E-state index contributed by atoms with van der Waals surface area (Å²) in [5.74, 6) is 0.0848. The normalized spacial score (nSPS) is 19.4. The fourth-order valence-electron chi connectivity index (χ4n) is 3.62. The number of aromatic nitrogens is 2. The lowest BCUT2D eigenvalue weighted by Gasteiger charge is -2.25. The van der Waals surface area contributed by atoms with E-state index in [1.54, 1.807) is 18.2 Å². The molecule has 0 bridgehead atoms. The summed E-state index contributed by atoms with van der Waals surface area (Å²) in [6, 6.07) is 6.73. The van der Waals surface area contributed by atoms with Crippen LogP contribution in [-0.4, -0.2) is 27.5 Å². The first-order chi connectivity index (χ1) is 13.4. The van der Waals surface area contributed by atoms with Crippen LogP contribution in [0.4, 0.5) is 21.8 Å². The molecule has 1 saturated carbocycles. The third kappa shape index (κ3) is 4.92. The summed E-state index contributed by atoms with van der Waals surface area (Å²) in [5.41, 5.74) is 12.5. The van der Waals surface area contributed by atoms with Crippen LogP contribution in [-0.2, 0) is 12.8 Å². The third-order valence-corrected chi connectivity index (χ3v) is 5.17. The molecule has 0 saturated heterocycles. The highest BCUT2D eigenvalue weighted by molar-refractivity contribution is 5.58. The van der Waals surface area contributed by atoms with Crippen molar-refractivity contribution in [2.75, 3.05) is 17.6 Å². The van der Waals surface area contributed by atoms with Gasteiger partial charge in [-0.3, -0.25) is 10.1 Å². The number of hydrogen-bond donors (Lipinski definition) is 3. The first-order valence-corrected chi connectivity index (χ1v) is 9.47. The van der Waals surface area contributed by atoms with E-state index < -0.39 is 4.92 Å². The molecule has 8 nitrogen and oxygen atoms in total. The average molecular weight is 388 g/mol. The molecule has 0 radical (unpaired) electrons. The van der Waals surface area contributed by atoms with Gasteiger partial charge >= 0.3 is 5.69 Å². The van der Waals surface area contributed by atoms with E-state index in [1.807, 2.05) is 0 Å². The standard InChI is InChI=1S/C19H25FN6O2/c20-15-4-2-1-3-13(15)9-10-23-19-24-16(17(26(27)28)18(22)25-19)11-12-5-7-14(21)8-6-12/h1-4,12,14H,5-11,21H2,(H3,22,23,24,25). The zero-order valence-electron chi connectivity index (χ0n) is 15.6. The molecule has 2 aromatic rings. The van der Waals surface area contributed by atoms with Gasteiger partial charge in [-0.25, -0.2) is 9.37 Å². The van der Waals surface area contributed by atoms with E-state index in [0.717, 1.165) is 25.7 Å². The summed E-state index contributed by atoms with van der Waals surface area (Å²) in [7, 11) is 0. The van der Waals surface area contributed by atoms with Crippen LogP contribution in [0.25, 0.3) is 0 Å². The second-order valence-electron chi connectivity index (χ2n) is 7.24. The SMILES string of the molecule is Nc1nc(NCCc2ccccc2F)nc(CC2CCC(N)CC2)c1[N+](=O)[O-]. The van der Waals surface area contributed by atoms with Crippen LogP contribution in [0.2, 0.25) is 0 Å². The van der Waals surface area contributed by atoms with Gasteiger partial charge in [0.05, 0.1) is 4.92 Å². The maximum atomic E-state index is 13.7. The van der Waals surface area contributed by atoms with E-state index in [2.05, 4.69) is 15.3 Å². The largest absolute Gasteiger partial charge is 0.378 e. The van der Waals surface area contributed by atoms with Crippen molar-refractivity contribution in [1.82, 2.24) is 9.97 Å². The van der Waals surface area contributed by atoms with Crippen molar-refractivity contribution in [3.05, 3.63) is 51.5 Å². The molecule has 5 N–H and O–H groups in total. The van der Waals surface area contributed by atoms with Crippen molar-refractivity contribution in [3.8, 4) is 0 Å². The molecular formula is C19H25FN6O2. The number of rotatable bonds is 7. The Bertz CT molecular complexity index is 839. The number of halogens is 1. The Hall–Kier alpha value is -2.81. The van der Waals surface area contributed by atoms with Gasteiger partial charge in [0.15, 0.2) is 0 Å².